The summed E-state index contributed by atoms with van der Waals surface area (Å²) >= 11 is 7.62. The second kappa shape index (κ2) is 8.47. The molecule has 30 heavy (non-hydrogen) atoms. The van der Waals surface area contributed by atoms with Crippen molar-refractivity contribution in [3.05, 3.63) is 76.7 Å². The van der Waals surface area contributed by atoms with Gasteiger partial charge in [0.2, 0.25) is 0 Å². The highest BCUT2D eigenvalue weighted by Gasteiger charge is 2.13. The van der Waals surface area contributed by atoms with Crippen LogP contribution in [0.2, 0.25) is 5.02 Å². The standard InChI is InChI=1S/C22H17ClFN3O2S/c1-2-18(28)14-9-16(23)20(25-11-14)12-3-5-13(6-4-12)21(29)27-22-26-17-10-15(24)7-8-19(17)30-22/h3-11,18,28H,2H2,1H3,(H,26,27,29)/t18-/m1/s1. The minimum Gasteiger partial charge on any atom is -0.388 e. The summed E-state index contributed by atoms with van der Waals surface area (Å²) in [5.74, 6) is -0.688. The number of anilines is 1. The van der Waals surface area contributed by atoms with Gasteiger partial charge in [0.15, 0.2) is 5.13 Å². The average molecular weight is 442 g/mol. The monoisotopic (exact) mass is 441 g/mol. The fourth-order valence-corrected chi connectivity index (χ4v) is 4.11. The number of aromatic nitrogens is 2. The molecule has 4 rings (SSSR count). The molecule has 0 aliphatic carbocycles. The van der Waals surface area contributed by atoms with Gasteiger partial charge >= 0.3 is 0 Å². The molecule has 0 aliphatic rings. The maximum absolute atomic E-state index is 13.3. The number of nitrogens with one attached hydrogen (secondary N) is 1. The Morgan fingerprint density at radius 3 is 2.70 bits per heavy atom. The van der Waals surface area contributed by atoms with Crippen LogP contribution in [0, 0.1) is 5.82 Å². The number of hydrogen-bond acceptors (Lipinski definition) is 5. The first-order valence-electron chi connectivity index (χ1n) is 9.26. The van der Waals surface area contributed by atoms with Crippen LogP contribution in [-0.4, -0.2) is 21.0 Å². The Hall–Kier alpha value is -2.87. The summed E-state index contributed by atoms with van der Waals surface area (Å²) in [7, 11) is 0. The van der Waals surface area contributed by atoms with Gasteiger partial charge in [0.05, 0.1) is 27.0 Å². The predicted molar refractivity (Wildman–Crippen MR) is 117 cm³/mol. The van der Waals surface area contributed by atoms with E-state index in [9.17, 15) is 14.3 Å². The summed E-state index contributed by atoms with van der Waals surface area (Å²) in [4.78, 5) is 21.1. The van der Waals surface area contributed by atoms with Crippen molar-refractivity contribution < 1.29 is 14.3 Å². The van der Waals surface area contributed by atoms with Crippen LogP contribution in [0.5, 0.6) is 0 Å². The zero-order valence-electron chi connectivity index (χ0n) is 15.9. The van der Waals surface area contributed by atoms with E-state index in [1.54, 1.807) is 42.6 Å². The number of halogens is 2. The number of carbonyl (C=O) groups excluding carboxylic acids is 1. The number of amides is 1. The number of nitrogens with zero attached hydrogens (tertiary/aromatic N) is 2. The number of hydrogen-bond donors (Lipinski definition) is 2. The van der Waals surface area contributed by atoms with Crippen LogP contribution in [0.25, 0.3) is 21.5 Å². The zero-order valence-corrected chi connectivity index (χ0v) is 17.5. The van der Waals surface area contributed by atoms with E-state index in [-0.39, 0.29) is 11.7 Å². The summed E-state index contributed by atoms with van der Waals surface area (Å²) in [6.45, 7) is 1.88. The Bertz CT molecular complexity index is 1230. The molecule has 4 aromatic rings. The Kier molecular flexibility index (Phi) is 5.76. The molecule has 0 spiro atoms. The second-order valence-electron chi connectivity index (χ2n) is 6.69. The molecule has 5 nitrogen and oxygen atoms in total. The molecule has 0 radical (unpaired) electrons. The van der Waals surface area contributed by atoms with Gasteiger partial charge in [0.1, 0.15) is 5.82 Å². The van der Waals surface area contributed by atoms with Crippen molar-refractivity contribution in [1.82, 2.24) is 9.97 Å². The number of thiazole rings is 1. The van der Waals surface area contributed by atoms with E-state index in [1.807, 2.05) is 6.92 Å². The number of aliphatic hydroxyl groups is 1. The van der Waals surface area contributed by atoms with E-state index in [1.165, 1.54) is 23.5 Å². The first-order valence-corrected chi connectivity index (χ1v) is 10.5. The fourth-order valence-electron chi connectivity index (χ4n) is 2.99. The predicted octanol–water partition coefficient (Wildman–Crippen LogP) is 5.85. The summed E-state index contributed by atoms with van der Waals surface area (Å²) < 4.78 is 14.1. The molecule has 2 aromatic heterocycles. The van der Waals surface area contributed by atoms with Crippen molar-refractivity contribution in [2.24, 2.45) is 0 Å². The molecule has 1 amide bonds. The van der Waals surface area contributed by atoms with Gasteiger partial charge < -0.3 is 5.11 Å². The SMILES string of the molecule is CC[C@@H](O)c1cnc(-c2ccc(C(=O)Nc3nc4cc(F)ccc4s3)cc2)c(Cl)c1. The third-order valence-electron chi connectivity index (χ3n) is 4.62. The Morgan fingerprint density at radius 1 is 1.23 bits per heavy atom. The molecule has 1 atom stereocenters. The van der Waals surface area contributed by atoms with Crippen LogP contribution in [-0.2, 0) is 0 Å². The van der Waals surface area contributed by atoms with Crippen molar-refractivity contribution in [1.29, 1.82) is 0 Å². The van der Waals surface area contributed by atoms with E-state index in [4.69, 9.17) is 11.6 Å². The lowest BCUT2D eigenvalue weighted by Gasteiger charge is -2.10. The minimum absolute atomic E-state index is 0.318. The van der Waals surface area contributed by atoms with Crippen molar-refractivity contribution in [3.63, 3.8) is 0 Å². The zero-order chi connectivity index (χ0) is 21.3. The topological polar surface area (TPSA) is 75.1 Å². The van der Waals surface area contributed by atoms with Crippen molar-refractivity contribution >= 4 is 44.2 Å². The van der Waals surface area contributed by atoms with Gasteiger partial charge in [-0.25, -0.2) is 9.37 Å². The van der Waals surface area contributed by atoms with Gasteiger partial charge in [-0.15, -0.1) is 0 Å². The average Bonchev–Trinajstić information content (AvgIpc) is 3.14. The van der Waals surface area contributed by atoms with E-state index < -0.39 is 6.10 Å². The van der Waals surface area contributed by atoms with Gasteiger partial charge in [0, 0.05) is 29.0 Å². The van der Waals surface area contributed by atoms with Gasteiger partial charge in [-0.05, 0) is 36.8 Å². The van der Waals surface area contributed by atoms with Gasteiger partial charge in [-0.2, -0.15) is 0 Å². The molecule has 0 fully saturated rings. The van der Waals surface area contributed by atoms with E-state index in [0.717, 1.165) is 10.3 Å². The lowest BCUT2D eigenvalue weighted by molar-refractivity contribution is 0.102. The number of aliphatic hydroxyl groups excluding tert-OH is 1. The van der Waals surface area contributed by atoms with E-state index in [0.29, 0.717) is 38.9 Å². The maximum atomic E-state index is 13.3. The largest absolute Gasteiger partial charge is 0.388 e. The molecule has 0 saturated carbocycles. The molecular weight excluding hydrogens is 425 g/mol. The highest BCUT2D eigenvalue weighted by molar-refractivity contribution is 7.22. The first kappa shape index (κ1) is 20.4. The van der Waals surface area contributed by atoms with Crippen molar-refractivity contribution in [3.8, 4) is 11.3 Å². The fraction of sp³-hybridized carbons (Fsp3) is 0.136. The number of carbonyl (C=O) groups is 1. The molecule has 0 aliphatic heterocycles. The van der Waals surface area contributed by atoms with Crippen LogP contribution < -0.4 is 5.32 Å². The number of fused-ring (bicyclic) bond motifs is 1. The molecular formula is C22H17ClFN3O2S. The third kappa shape index (κ3) is 4.18. The van der Waals surface area contributed by atoms with Gasteiger partial charge in [-0.3, -0.25) is 15.1 Å². The van der Waals surface area contributed by atoms with E-state index >= 15 is 0 Å². The highest BCUT2D eigenvalue weighted by atomic mass is 35.5. The summed E-state index contributed by atoms with van der Waals surface area (Å²) in [6, 6.07) is 12.9. The minimum atomic E-state index is -0.603. The number of benzene rings is 2. The number of pyridine rings is 1. The molecule has 8 heteroatoms. The van der Waals surface area contributed by atoms with E-state index in [2.05, 4.69) is 15.3 Å². The molecule has 2 N–H and O–H groups in total. The third-order valence-corrected chi connectivity index (χ3v) is 5.86. The summed E-state index contributed by atoms with van der Waals surface area (Å²) in [5.41, 5.74) is 2.94. The smallest absolute Gasteiger partial charge is 0.257 e. The summed E-state index contributed by atoms with van der Waals surface area (Å²) in [5, 5.41) is 13.5. The van der Waals surface area contributed by atoms with Crippen LogP contribution in [0.3, 0.4) is 0 Å². The normalized spacial score (nSPS) is 12.1. The second-order valence-corrected chi connectivity index (χ2v) is 8.12. The molecule has 0 bridgehead atoms. The Morgan fingerprint density at radius 2 is 2.00 bits per heavy atom. The first-order chi connectivity index (χ1) is 14.4. The van der Waals surface area contributed by atoms with Crippen LogP contribution in [0.1, 0.15) is 35.4 Å². The lowest BCUT2D eigenvalue weighted by Crippen LogP contribution is -2.11. The van der Waals surface area contributed by atoms with Crippen LogP contribution >= 0.6 is 22.9 Å². The highest BCUT2D eigenvalue weighted by Crippen LogP contribution is 2.30. The number of rotatable bonds is 5. The quantitative estimate of drug-likeness (QED) is 0.407. The molecule has 152 valence electrons. The Balaban J connectivity index is 1.52. The van der Waals surface area contributed by atoms with Gasteiger partial charge in [-0.1, -0.05) is 42.0 Å². The van der Waals surface area contributed by atoms with Crippen LogP contribution in [0.4, 0.5) is 9.52 Å². The molecule has 0 saturated heterocycles. The summed E-state index contributed by atoms with van der Waals surface area (Å²) in [6.07, 6.45) is 1.57. The van der Waals surface area contributed by atoms with Crippen LogP contribution in [0.15, 0.2) is 54.7 Å². The lowest BCUT2D eigenvalue weighted by atomic mass is 10.1. The van der Waals surface area contributed by atoms with Gasteiger partial charge in [0.25, 0.3) is 5.91 Å². The molecule has 2 heterocycles. The van der Waals surface area contributed by atoms with Crippen molar-refractivity contribution in [2.75, 3.05) is 5.32 Å². The Labute approximate surface area is 181 Å². The molecule has 2 aromatic carbocycles. The van der Waals surface area contributed by atoms with Crippen molar-refractivity contribution in [2.45, 2.75) is 19.4 Å². The maximum Gasteiger partial charge on any atom is 0.257 e. The molecule has 0 unspecified atom stereocenters.